The minimum absolute atomic E-state index is 0.0892. The first-order valence-electron chi connectivity index (χ1n) is 6.93. The Kier molecular flexibility index (Phi) is 4.60. The summed E-state index contributed by atoms with van der Waals surface area (Å²) < 4.78 is 0. The molecule has 0 fully saturated rings. The molecule has 0 amide bonds. The number of nitrogens with one attached hydrogen (secondary N) is 1. The van der Waals surface area contributed by atoms with Crippen molar-refractivity contribution in [2.45, 2.75) is 0 Å². The van der Waals surface area contributed by atoms with Gasteiger partial charge in [-0.15, -0.1) is 0 Å². The Hall–Kier alpha value is -3.01. The first kappa shape index (κ1) is 17.8. The lowest BCUT2D eigenvalue weighted by atomic mass is 9.99. The lowest BCUT2D eigenvalue weighted by Gasteiger charge is -2.22. The van der Waals surface area contributed by atoms with Crippen LogP contribution in [0.15, 0.2) is 74.0 Å². The number of nitrogens with zero attached hydrogens (tertiary/aromatic N) is 3. The first-order valence-corrected chi connectivity index (χ1v) is 7.68. The fraction of sp³-hybridized carbons (Fsp3) is 0. The Morgan fingerprint density at radius 3 is 2.46 bits per heavy atom. The van der Waals surface area contributed by atoms with Gasteiger partial charge in [-0.2, -0.15) is 0 Å². The van der Waals surface area contributed by atoms with E-state index in [9.17, 15) is 24.9 Å². The second-order valence-corrected chi connectivity index (χ2v) is 5.94. The van der Waals surface area contributed by atoms with E-state index in [0.717, 1.165) is 12.2 Å². The van der Waals surface area contributed by atoms with Crippen molar-refractivity contribution in [3.05, 3.63) is 79.2 Å². The van der Waals surface area contributed by atoms with Crippen molar-refractivity contribution in [1.29, 1.82) is 0 Å². The maximum Gasteiger partial charge on any atom is 0.321 e. The van der Waals surface area contributed by atoms with Crippen molar-refractivity contribution in [1.82, 2.24) is 10.4 Å². The Balaban J connectivity index is 1.99. The molecule has 132 valence electrons. The second kappa shape index (κ2) is 6.71. The highest BCUT2D eigenvalue weighted by atomic mass is 35.5. The molecule has 0 aromatic rings. The Bertz CT molecular complexity index is 947. The van der Waals surface area contributed by atoms with Gasteiger partial charge in [0.05, 0.1) is 33.0 Å². The third kappa shape index (κ3) is 3.23. The number of ketones is 2. The molecule has 26 heavy (non-hydrogen) atoms. The first-order chi connectivity index (χ1) is 12.3. The third-order valence-electron chi connectivity index (χ3n) is 3.45. The second-order valence-electron chi connectivity index (χ2n) is 5.12. The molecule has 2 N–H and O–H groups in total. The number of Topliss-reactive ketones (excluding diaryl/α,β-unsaturated/α-hetero) is 1. The molecule has 0 atom stereocenters. The molecular formula is C15H8Cl2N4O5. The molecule has 3 rings (SSSR count). The van der Waals surface area contributed by atoms with Gasteiger partial charge >= 0.3 is 11.5 Å². The van der Waals surface area contributed by atoms with Crippen molar-refractivity contribution in [2.75, 3.05) is 0 Å². The summed E-state index contributed by atoms with van der Waals surface area (Å²) in [6, 6.07) is 0. The monoisotopic (exact) mass is 394 g/mol. The Morgan fingerprint density at radius 1 is 1.19 bits per heavy atom. The lowest BCUT2D eigenvalue weighted by molar-refractivity contribution is -0.418. The van der Waals surface area contributed by atoms with Gasteiger partial charge in [-0.1, -0.05) is 23.2 Å². The molecule has 11 heteroatoms. The van der Waals surface area contributed by atoms with Gasteiger partial charge in [0.2, 0.25) is 5.78 Å². The number of carbonyl (C=O) groups is 2. The van der Waals surface area contributed by atoms with Crippen molar-refractivity contribution < 1.29 is 19.7 Å². The van der Waals surface area contributed by atoms with E-state index in [-0.39, 0.29) is 32.7 Å². The van der Waals surface area contributed by atoms with Gasteiger partial charge in [-0.3, -0.25) is 24.9 Å². The summed E-state index contributed by atoms with van der Waals surface area (Å²) in [5, 5.41) is 24.1. The van der Waals surface area contributed by atoms with Crippen LogP contribution in [0.5, 0.6) is 0 Å². The van der Waals surface area contributed by atoms with Gasteiger partial charge in [-0.25, -0.2) is 10.1 Å². The minimum Gasteiger partial charge on any atom is -0.339 e. The van der Waals surface area contributed by atoms with Crippen LogP contribution in [0, 0.1) is 10.1 Å². The molecule has 0 saturated heterocycles. The topological polar surface area (TPSA) is 125 Å². The van der Waals surface area contributed by atoms with Crippen LogP contribution in [0.1, 0.15) is 0 Å². The van der Waals surface area contributed by atoms with Crippen LogP contribution in [0.3, 0.4) is 0 Å². The van der Waals surface area contributed by atoms with Crippen LogP contribution in [0.4, 0.5) is 0 Å². The summed E-state index contributed by atoms with van der Waals surface area (Å²) in [6.07, 6.45) is 7.20. The van der Waals surface area contributed by atoms with E-state index in [1.807, 2.05) is 0 Å². The summed E-state index contributed by atoms with van der Waals surface area (Å²) in [4.78, 5) is 37.4. The number of rotatable bonds is 2. The van der Waals surface area contributed by atoms with Crippen LogP contribution in [0.25, 0.3) is 0 Å². The van der Waals surface area contributed by atoms with Gasteiger partial charge in [0, 0.05) is 23.6 Å². The van der Waals surface area contributed by atoms with E-state index in [1.165, 1.54) is 24.7 Å². The summed E-state index contributed by atoms with van der Waals surface area (Å²) >= 11 is 12.1. The van der Waals surface area contributed by atoms with Gasteiger partial charge in [-0.05, 0) is 12.2 Å². The quantitative estimate of drug-likeness (QED) is 0.316. The van der Waals surface area contributed by atoms with Crippen LogP contribution in [-0.2, 0) is 9.59 Å². The molecule has 0 spiro atoms. The molecular weight excluding hydrogens is 387 g/mol. The fourth-order valence-corrected chi connectivity index (χ4v) is 2.93. The molecule has 1 aliphatic carbocycles. The van der Waals surface area contributed by atoms with Gasteiger partial charge in [0.15, 0.2) is 0 Å². The largest absolute Gasteiger partial charge is 0.339 e. The lowest BCUT2D eigenvalue weighted by Crippen LogP contribution is -2.26. The molecule has 0 radical (unpaired) electrons. The molecule has 0 aromatic heterocycles. The molecule has 0 bridgehead atoms. The predicted molar refractivity (Wildman–Crippen MR) is 91.4 cm³/mol. The molecule has 0 unspecified atom stereocenters. The maximum atomic E-state index is 11.7. The average molecular weight is 395 g/mol. The van der Waals surface area contributed by atoms with E-state index < -0.39 is 22.2 Å². The molecule has 2 aliphatic heterocycles. The zero-order valence-corrected chi connectivity index (χ0v) is 14.2. The number of aliphatic imine (C=N–C) groups is 1. The van der Waals surface area contributed by atoms with Crippen LogP contribution in [0.2, 0.25) is 0 Å². The number of hydroxylamine groups is 2. The van der Waals surface area contributed by atoms with Gasteiger partial charge in [0.1, 0.15) is 5.82 Å². The maximum absolute atomic E-state index is 11.7. The number of hydrogen-bond acceptors (Lipinski definition) is 8. The van der Waals surface area contributed by atoms with E-state index in [1.54, 1.807) is 0 Å². The SMILES string of the molecule is O=C1C=C(C2=CC=NC(=C3C(Cl)=CN(O)C=C3Cl)N2)C=C([N+](=O)[O-])C1=O. The average Bonchev–Trinajstić information content (AvgIpc) is 2.56. The van der Waals surface area contributed by atoms with Crippen LogP contribution in [-0.4, -0.2) is 33.0 Å². The molecule has 0 saturated carbocycles. The number of allylic oxidation sites excluding steroid dienone is 7. The van der Waals surface area contributed by atoms with Crippen molar-refractivity contribution in [2.24, 2.45) is 4.99 Å². The Labute approximate surface area is 155 Å². The molecule has 9 nitrogen and oxygen atoms in total. The van der Waals surface area contributed by atoms with Crippen molar-refractivity contribution >= 4 is 41.0 Å². The van der Waals surface area contributed by atoms with Crippen LogP contribution >= 0.6 is 23.2 Å². The van der Waals surface area contributed by atoms with E-state index in [2.05, 4.69) is 10.3 Å². The van der Waals surface area contributed by atoms with Crippen LogP contribution < -0.4 is 5.32 Å². The molecule has 0 aromatic carbocycles. The molecule has 3 aliphatic rings. The van der Waals surface area contributed by atoms with Crippen molar-refractivity contribution in [3.8, 4) is 0 Å². The zero-order valence-electron chi connectivity index (χ0n) is 12.6. The number of carbonyl (C=O) groups excluding carboxylic acids is 2. The highest BCUT2D eigenvalue weighted by molar-refractivity contribution is 6.47. The van der Waals surface area contributed by atoms with E-state index in [4.69, 9.17) is 23.2 Å². The molecule has 2 heterocycles. The standard InChI is InChI=1S/C15H8Cl2N4O5/c16-8-5-20(24)6-9(17)13(8)15-18-2-1-10(19-15)7-3-11(21(25)26)14(23)12(22)4-7/h1-6,19,24H. The highest BCUT2D eigenvalue weighted by Gasteiger charge is 2.33. The normalized spacial score (nSPS) is 20.1. The summed E-state index contributed by atoms with van der Waals surface area (Å²) in [7, 11) is 0. The smallest absolute Gasteiger partial charge is 0.321 e. The zero-order chi connectivity index (χ0) is 19.0. The van der Waals surface area contributed by atoms with E-state index in [0.29, 0.717) is 5.06 Å². The minimum atomic E-state index is -1.19. The van der Waals surface area contributed by atoms with Gasteiger partial charge < -0.3 is 5.32 Å². The van der Waals surface area contributed by atoms with Gasteiger partial charge in [0.25, 0.3) is 0 Å². The summed E-state index contributed by atoms with van der Waals surface area (Å²) in [5.41, 5.74) is -0.137. The van der Waals surface area contributed by atoms with Crippen molar-refractivity contribution in [3.63, 3.8) is 0 Å². The predicted octanol–water partition coefficient (Wildman–Crippen LogP) is 1.86. The fourth-order valence-electron chi connectivity index (χ4n) is 2.30. The Morgan fingerprint density at radius 2 is 1.85 bits per heavy atom. The number of hydrogen-bond donors (Lipinski definition) is 2. The van der Waals surface area contributed by atoms with E-state index >= 15 is 0 Å². The summed E-state index contributed by atoms with van der Waals surface area (Å²) in [5.74, 6) is -1.99. The third-order valence-corrected chi connectivity index (χ3v) is 4.02. The number of halogens is 2. The number of nitro groups is 1. The summed E-state index contributed by atoms with van der Waals surface area (Å²) in [6.45, 7) is 0. The highest BCUT2D eigenvalue weighted by Crippen LogP contribution is 2.33.